The monoisotopic (exact) mass is 143 g/mol. The number of hydrogen-bond acceptors (Lipinski definition) is 2. The molecule has 10 heavy (non-hydrogen) atoms. The first-order valence-electron chi connectivity index (χ1n) is 3.41. The molecule has 0 aromatic carbocycles. The van der Waals surface area contributed by atoms with Gasteiger partial charge in [0.1, 0.15) is 0 Å². The zero-order valence-corrected chi connectivity index (χ0v) is 6.59. The number of amides is 2. The van der Waals surface area contributed by atoms with Crippen LogP contribution in [0.25, 0.3) is 0 Å². The van der Waals surface area contributed by atoms with Gasteiger partial charge in [0.05, 0.1) is 6.67 Å². The predicted molar refractivity (Wildman–Crippen MR) is 38.1 cm³/mol. The van der Waals surface area contributed by atoms with Crippen molar-refractivity contribution in [3.8, 4) is 0 Å². The lowest BCUT2D eigenvalue weighted by Crippen LogP contribution is -2.41. The molecule has 0 radical (unpaired) electrons. The molecule has 1 rings (SSSR count). The van der Waals surface area contributed by atoms with E-state index in [0.717, 1.165) is 0 Å². The Labute approximate surface area is 60.8 Å². The Hall–Kier alpha value is -0.770. The molecule has 58 valence electrons. The van der Waals surface area contributed by atoms with Gasteiger partial charge in [-0.1, -0.05) is 0 Å². The number of rotatable bonds is 1. The second-order valence-electron chi connectivity index (χ2n) is 2.74. The van der Waals surface area contributed by atoms with Gasteiger partial charge in [0.2, 0.25) is 0 Å². The van der Waals surface area contributed by atoms with Gasteiger partial charge in [0, 0.05) is 13.1 Å². The van der Waals surface area contributed by atoms with Gasteiger partial charge in [-0.05, 0) is 13.8 Å². The highest BCUT2D eigenvalue weighted by Gasteiger charge is 2.26. The molecule has 1 fully saturated rings. The SMILES string of the molecule is CC(C)N1C(=O)NCN1C. The fourth-order valence-corrected chi connectivity index (χ4v) is 1.12. The van der Waals surface area contributed by atoms with Crippen molar-refractivity contribution in [1.82, 2.24) is 15.3 Å². The maximum atomic E-state index is 11.0. The van der Waals surface area contributed by atoms with Gasteiger partial charge in [-0.3, -0.25) is 5.01 Å². The summed E-state index contributed by atoms with van der Waals surface area (Å²) in [5.41, 5.74) is 0. The van der Waals surface area contributed by atoms with Crippen molar-refractivity contribution >= 4 is 6.03 Å². The third kappa shape index (κ3) is 1.07. The number of hydrogen-bond donors (Lipinski definition) is 1. The van der Waals surface area contributed by atoms with Crippen LogP contribution in [0.5, 0.6) is 0 Å². The van der Waals surface area contributed by atoms with Gasteiger partial charge in [0.25, 0.3) is 0 Å². The van der Waals surface area contributed by atoms with E-state index in [0.29, 0.717) is 6.67 Å². The van der Waals surface area contributed by atoms with E-state index in [1.54, 1.807) is 5.01 Å². The van der Waals surface area contributed by atoms with E-state index in [1.165, 1.54) is 0 Å². The van der Waals surface area contributed by atoms with Crippen LogP contribution in [0, 0.1) is 0 Å². The molecule has 1 aliphatic heterocycles. The molecule has 0 spiro atoms. The fraction of sp³-hybridized carbons (Fsp3) is 0.833. The molecule has 0 aliphatic carbocycles. The summed E-state index contributed by atoms with van der Waals surface area (Å²) in [7, 11) is 1.89. The Morgan fingerprint density at radius 2 is 2.20 bits per heavy atom. The summed E-state index contributed by atoms with van der Waals surface area (Å²) in [6.45, 7) is 4.60. The van der Waals surface area contributed by atoms with Crippen molar-refractivity contribution in [1.29, 1.82) is 0 Å². The van der Waals surface area contributed by atoms with Crippen LogP contribution in [-0.2, 0) is 0 Å². The van der Waals surface area contributed by atoms with Crippen molar-refractivity contribution in [3.05, 3.63) is 0 Å². The summed E-state index contributed by atoms with van der Waals surface area (Å²) in [5, 5.41) is 6.28. The number of nitrogens with one attached hydrogen (secondary N) is 1. The van der Waals surface area contributed by atoms with Crippen molar-refractivity contribution in [3.63, 3.8) is 0 Å². The largest absolute Gasteiger partial charge is 0.333 e. The highest BCUT2D eigenvalue weighted by atomic mass is 16.2. The molecule has 1 aliphatic rings. The standard InChI is InChI=1S/C6H13N3O/c1-5(2)9-6(10)7-4-8(9)3/h5H,4H2,1-3H3,(H,7,10). The molecular weight excluding hydrogens is 130 g/mol. The minimum absolute atomic E-state index is 0.00231. The molecule has 0 aromatic heterocycles. The van der Waals surface area contributed by atoms with Gasteiger partial charge in [-0.15, -0.1) is 0 Å². The Morgan fingerprint density at radius 1 is 1.60 bits per heavy atom. The Bertz CT molecular complexity index is 146. The predicted octanol–water partition coefficient (Wildman–Crippen LogP) is 0.224. The highest BCUT2D eigenvalue weighted by Crippen LogP contribution is 2.06. The summed E-state index contributed by atoms with van der Waals surface area (Å²) in [6.07, 6.45) is 0. The van der Waals surface area contributed by atoms with Crippen LogP contribution < -0.4 is 5.32 Å². The molecular formula is C6H13N3O. The summed E-state index contributed by atoms with van der Waals surface area (Å²) in [6, 6.07) is 0.241. The Kier molecular flexibility index (Phi) is 1.80. The molecule has 1 heterocycles. The van der Waals surface area contributed by atoms with Crippen LogP contribution in [0.1, 0.15) is 13.8 Å². The van der Waals surface area contributed by atoms with Gasteiger partial charge in [-0.25, -0.2) is 9.80 Å². The minimum Gasteiger partial charge on any atom is -0.322 e. The van der Waals surface area contributed by atoms with Crippen molar-refractivity contribution in [2.24, 2.45) is 0 Å². The Balaban J connectivity index is 2.63. The van der Waals surface area contributed by atoms with E-state index >= 15 is 0 Å². The second-order valence-corrected chi connectivity index (χ2v) is 2.74. The van der Waals surface area contributed by atoms with Gasteiger partial charge in [0.15, 0.2) is 0 Å². The summed E-state index contributed by atoms with van der Waals surface area (Å²) >= 11 is 0. The number of urea groups is 1. The zero-order valence-electron chi connectivity index (χ0n) is 6.59. The molecule has 4 nitrogen and oxygen atoms in total. The number of carbonyl (C=O) groups excluding carboxylic acids is 1. The number of carbonyl (C=O) groups is 1. The summed E-state index contributed by atoms with van der Waals surface area (Å²) in [5.74, 6) is 0. The first-order valence-corrected chi connectivity index (χ1v) is 3.41. The van der Waals surface area contributed by atoms with Crippen LogP contribution in [0.4, 0.5) is 4.79 Å². The molecule has 4 heteroatoms. The molecule has 1 N–H and O–H groups in total. The highest BCUT2D eigenvalue weighted by molar-refractivity contribution is 5.75. The molecule has 0 bridgehead atoms. The lowest BCUT2D eigenvalue weighted by atomic mass is 10.4. The molecule has 2 amide bonds. The maximum Gasteiger partial charge on any atom is 0.333 e. The fourth-order valence-electron chi connectivity index (χ4n) is 1.12. The van der Waals surface area contributed by atoms with Gasteiger partial charge in [-0.2, -0.15) is 0 Å². The van der Waals surface area contributed by atoms with Crippen molar-refractivity contribution in [2.45, 2.75) is 19.9 Å². The third-order valence-corrected chi connectivity index (χ3v) is 1.52. The molecule has 1 saturated heterocycles. The lowest BCUT2D eigenvalue weighted by Gasteiger charge is -2.25. The Morgan fingerprint density at radius 3 is 2.40 bits per heavy atom. The smallest absolute Gasteiger partial charge is 0.322 e. The van der Waals surface area contributed by atoms with Gasteiger partial charge < -0.3 is 5.32 Å². The first kappa shape index (κ1) is 7.34. The van der Waals surface area contributed by atoms with E-state index in [2.05, 4.69) is 5.32 Å². The van der Waals surface area contributed by atoms with E-state index in [1.807, 2.05) is 25.9 Å². The summed E-state index contributed by atoms with van der Waals surface area (Å²) < 4.78 is 0. The normalized spacial score (nSPS) is 20.4. The second kappa shape index (κ2) is 2.46. The topological polar surface area (TPSA) is 35.6 Å². The average molecular weight is 143 g/mol. The maximum absolute atomic E-state index is 11.0. The quantitative estimate of drug-likeness (QED) is 0.570. The van der Waals surface area contributed by atoms with Crippen molar-refractivity contribution < 1.29 is 4.79 Å². The zero-order chi connectivity index (χ0) is 7.72. The third-order valence-electron chi connectivity index (χ3n) is 1.52. The minimum atomic E-state index is -0.00231. The van der Waals surface area contributed by atoms with E-state index < -0.39 is 0 Å². The van der Waals surface area contributed by atoms with E-state index in [4.69, 9.17) is 0 Å². The number of nitrogens with zero attached hydrogens (tertiary/aromatic N) is 2. The molecule has 0 aromatic rings. The van der Waals surface area contributed by atoms with Crippen LogP contribution in [-0.4, -0.2) is 35.8 Å². The van der Waals surface area contributed by atoms with Crippen LogP contribution >= 0.6 is 0 Å². The van der Waals surface area contributed by atoms with E-state index in [9.17, 15) is 4.79 Å². The van der Waals surface area contributed by atoms with Crippen molar-refractivity contribution in [2.75, 3.05) is 13.7 Å². The molecule has 0 atom stereocenters. The lowest BCUT2D eigenvalue weighted by molar-refractivity contribution is 0.0543. The van der Waals surface area contributed by atoms with Crippen LogP contribution in [0.15, 0.2) is 0 Å². The van der Waals surface area contributed by atoms with Crippen LogP contribution in [0.2, 0.25) is 0 Å². The first-order chi connectivity index (χ1) is 4.63. The molecule has 0 saturated carbocycles. The van der Waals surface area contributed by atoms with Gasteiger partial charge >= 0.3 is 6.03 Å². The average Bonchev–Trinajstić information content (AvgIpc) is 2.11. The van der Waals surface area contributed by atoms with Crippen LogP contribution in [0.3, 0.4) is 0 Å². The molecule has 0 unspecified atom stereocenters. The number of hydrazine groups is 1. The summed E-state index contributed by atoms with van der Waals surface area (Å²) in [4.78, 5) is 11.0. The van der Waals surface area contributed by atoms with E-state index in [-0.39, 0.29) is 12.1 Å².